The minimum absolute atomic E-state index is 0.686. The van der Waals surface area contributed by atoms with Crippen molar-refractivity contribution in [2.75, 3.05) is 5.73 Å². The monoisotopic (exact) mass is 229 g/mol. The van der Waals surface area contributed by atoms with Crippen LogP contribution in [0, 0.1) is 5.92 Å². The van der Waals surface area contributed by atoms with Crippen molar-refractivity contribution in [1.82, 2.24) is 9.78 Å². The van der Waals surface area contributed by atoms with E-state index in [0.717, 1.165) is 17.7 Å². The second-order valence-electron chi connectivity index (χ2n) is 4.87. The molecule has 17 heavy (non-hydrogen) atoms. The molecule has 1 aromatic carbocycles. The minimum atomic E-state index is 0.686. The van der Waals surface area contributed by atoms with Crippen molar-refractivity contribution in [2.45, 2.75) is 20.3 Å². The first-order chi connectivity index (χ1) is 8.06. The number of nitrogens with zero attached hydrogens (tertiary/aromatic N) is 2. The number of nitrogen functional groups attached to an aromatic ring is 1. The molecule has 0 radical (unpaired) electrons. The highest BCUT2D eigenvalue weighted by atomic mass is 15.3. The van der Waals surface area contributed by atoms with Crippen LogP contribution in [0.25, 0.3) is 11.3 Å². The van der Waals surface area contributed by atoms with Gasteiger partial charge in [0.1, 0.15) is 5.82 Å². The molecule has 0 aliphatic rings. The van der Waals surface area contributed by atoms with Crippen molar-refractivity contribution >= 4 is 5.82 Å². The van der Waals surface area contributed by atoms with E-state index in [1.54, 1.807) is 4.68 Å². The lowest BCUT2D eigenvalue weighted by atomic mass is 10.0. The summed E-state index contributed by atoms with van der Waals surface area (Å²) in [6.45, 7) is 4.46. The maximum absolute atomic E-state index is 5.77. The summed E-state index contributed by atoms with van der Waals surface area (Å²) in [7, 11) is 1.85. The molecule has 0 saturated heterocycles. The Bertz CT molecular complexity index is 475. The van der Waals surface area contributed by atoms with Gasteiger partial charge in [0.15, 0.2) is 0 Å². The Kier molecular flexibility index (Phi) is 3.18. The number of aromatic nitrogens is 2. The van der Waals surface area contributed by atoms with Crippen molar-refractivity contribution in [3.63, 3.8) is 0 Å². The molecule has 0 aliphatic heterocycles. The predicted molar refractivity (Wildman–Crippen MR) is 71.6 cm³/mol. The first-order valence-electron chi connectivity index (χ1n) is 5.95. The van der Waals surface area contributed by atoms with Crippen LogP contribution in [0.2, 0.25) is 0 Å². The number of hydrogen-bond donors (Lipinski definition) is 1. The van der Waals surface area contributed by atoms with E-state index in [4.69, 9.17) is 5.73 Å². The van der Waals surface area contributed by atoms with Crippen molar-refractivity contribution in [2.24, 2.45) is 13.0 Å². The van der Waals surface area contributed by atoms with E-state index < -0.39 is 0 Å². The molecule has 3 heteroatoms. The number of nitrogens with two attached hydrogens (primary N) is 1. The fraction of sp³-hybridized carbons (Fsp3) is 0.357. The van der Waals surface area contributed by atoms with Crippen LogP contribution in [-0.4, -0.2) is 9.78 Å². The van der Waals surface area contributed by atoms with Crippen LogP contribution >= 0.6 is 0 Å². The largest absolute Gasteiger partial charge is 0.384 e. The van der Waals surface area contributed by atoms with E-state index in [1.807, 2.05) is 13.1 Å². The molecular formula is C14H19N3. The van der Waals surface area contributed by atoms with E-state index in [9.17, 15) is 0 Å². The average molecular weight is 229 g/mol. The maximum atomic E-state index is 5.77. The summed E-state index contributed by atoms with van der Waals surface area (Å²) in [5.74, 6) is 1.37. The van der Waals surface area contributed by atoms with E-state index in [2.05, 4.69) is 43.2 Å². The van der Waals surface area contributed by atoms with Crippen LogP contribution in [0.5, 0.6) is 0 Å². The zero-order chi connectivity index (χ0) is 12.4. The summed E-state index contributed by atoms with van der Waals surface area (Å²) >= 11 is 0. The fourth-order valence-electron chi connectivity index (χ4n) is 1.91. The van der Waals surface area contributed by atoms with E-state index in [1.165, 1.54) is 5.56 Å². The highest BCUT2D eigenvalue weighted by Crippen LogP contribution is 2.21. The SMILES string of the molecule is CC(C)Cc1ccc(-c2cc(N)n(C)n2)cc1. The van der Waals surface area contributed by atoms with Crippen LogP contribution in [-0.2, 0) is 13.5 Å². The molecule has 0 unspecified atom stereocenters. The summed E-state index contributed by atoms with van der Waals surface area (Å²) in [6.07, 6.45) is 1.12. The van der Waals surface area contributed by atoms with Crippen LogP contribution in [0.4, 0.5) is 5.82 Å². The standard InChI is InChI=1S/C14H19N3/c1-10(2)8-11-4-6-12(7-5-11)13-9-14(15)17(3)16-13/h4-7,9-10H,8,15H2,1-3H3. The van der Waals surface area contributed by atoms with Crippen molar-refractivity contribution < 1.29 is 0 Å². The second kappa shape index (κ2) is 4.62. The van der Waals surface area contributed by atoms with Crippen LogP contribution < -0.4 is 5.73 Å². The molecule has 0 saturated carbocycles. The summed E-state index contributed by atoms with van der Waals surface area (Å²) < 4.78 is 1.69. The highest BCUT2D eigenvalue weighted by Gasteiger charge is 2.05. The number of anilines is 1. The van der Waals surface area contributed by atoms with Crippen LogP contribution in [0.3, 0.4) is 0 Å². The van der Waals surface area contributed by atoms with Gasteiger partial charge in [-0.1, -0.05) is 38.1 Å². The minimum Gasteiger partial charge on any atom is -0.384 e. The number of benzene rings is 1. The maximum Gasteiger partial charge on any atom is 0.121 e. The predicted octanol–water partition coefficient (Wildman–Crippen LogP) is 2.87. The summed E-state index contributed by atoms with van der Waals surface area (Å²) in [4.78, 5) is 0. The van der Waals surface area contributed by atoms with Gasteiger partial charge in [0.2, 0.25) is 0 Å². The van der Waals surface area contributed by atoms with E-state index in [0.29, 0.717) is 11.7 Å². The Morgan fingerprint density at radius 3 is 2.35 bits per heavy atom. The number of aryl methyl sites for hydroxylation is 1. The Balaban J connectivity index is 2.23. The molecular weight excluding hydrogens is 210 g/mol. The zero-order valence-corrected chi connectivity index (χ0v) is 10.6. The van der Waals surface area contributed by atoms with Gasteiger partial charge in [-0.05, 0) is 17.9 Å². The molecule has 0 atom stereocenters. The molecule has 0 aliphatic carbocycles. The van der Waals surface area contributed by atoms with Gasteiger partial charge in [-0.3, -0.25) is 4.68 Å². The molecule has 0 fully saturated rings. The first-order valence-corrected chi connectivity index (χ1v) is 5.95. The Morgan fingerprint density at radius 1 is 1.24 bits per heavy atom. The molecule has 1 heterocycles. The smallest absolute Gasteiger partial charge is 0.121 e. The normalized spacial score (nSPS) is 11.1. The van der Waals surface area contributed by atoms with Gasteiger partial charge in [-0.2, -0.15) is 5.10 Å². The Labute approximate surface area is 102 Å². The summed E-state index contributed by atoms with van der Waals surface area (Å²) in [6, 6.07) is 10.5. The van der Waals surface area contributed by atoms with Gasteiger partial charge in [0, 0.05) is 18.7 Å². The molecule has 1 aromatic heterocycles. The average Bonchev–Trinajstić information content (AvgIpc) is 2.59. The molecule has 90 valence electrons. The van der Waals surface area contributed by atoms with Gasteiger partial charge < -0.3 is 5.73 Å². The third kappa shape index (κ3) is 2.67. The Hall–Kier alpha value is -1.77. The summed E-state index contributed by atoms with van der Waals surface area (Å²) in [5.41, 5.74) is 9.19. The lowest BCUT2D eigenvalue weighted by Crippen LogP contribution is -1.96. The van der Waals surface area contributed by atoms with Gasteiger partial charge in [-0.15, -0.1) is 0 Å². The second-order valence-corrected chi connectivity index (χ2v) is 4.87. The zero-order valence-electron chi connectivity index (χ0n) is 10.6. The van der Waals surface area contributed by atoms with Gasteiger partial charge in [0.25, 0.3) is 0 Å². The fourth-order valence-corrected chi connectivity index (χ4v) is 1.91. The third-order valence-corrected chi connectivity index (χ3v) is 2.81. The third-order valence-electron chi connectivity index (χ3n) is 2.81. The van der Waals surface area contributed by atoms with Crippen molar-refractivity contribution in [1.29, 1.82) is 0 Å². The number of rotatable bonds is 3. The molecule has 0 bridgehead atoms. The number of hydrogen-bond acceptors (Lipinski definition) is 2. The van der Waals surface area contributed by atoms with E-state index in [-0.39, 0.29) is 0 Å². The van der Waals surface area contributed by atoms with Crippen molar-refractivity contribution in [3.05, 3.63) is 35.9 Å². The highest BCUT2D eigenvalue weighted by molar-refractivity contribution is 5.62. The van der Waals surface area contributed by atoms with Crippen LogP contribution in [0.15, 0.2) is 30.3 Å². The van der Waals surface area contributed by atoms with Crippen LogP contribution in [0.1, 0.15) is 19.4 Å². The van der Waals surface area contributed by atoms with Gasteiger partial charge in [-0.25, -0.2) is 0 Å². The quantitative estimate of drug-likeness (QED) is 0.879. The summed E-state index contributed by atoms with van der Waals surface area (Å²) in [5, 5.41) is 4.36. The molecule has 0 spiro atoms. The van der Waals surface area contributed by atoms with Gasteiger partial charge >= 0.3 is 0 Å². The first kappa shape index (κ1) is 11.7. The molecule has 2 N–H and O–H groups in total. The molecule has 2 aromatic rings. The van der Waals surface area contributed by atoms with E-state index >= 15 is 0 Å². The lowest BCUT2D eigenvalue weighted by molar-refractivity contribution is 0.647. The lowest BCUT2D eigenvalue weighted by Gasteiger charge is -2.05. The van der Waals surface area contributed by atoms with Gasteiger partial charge in [0.05, 0.1) is 5.69 Å². The molecule has 2 rings (SSSR count). The van der Waals surface area contributed by atoms with Crippen molar-refractivity contribution in [3.8, 4) is 11.3 Å². The molecule has 3 nitrogen and oxygen atoms in total. The Morgan fingerprint density at radius 2 is 1.88 bits per heavy atom. The topological polar surface area (TPSA) is 43.8 Å². The molecule has 0 amide bonds.